The highest BCUT2D eigenvalue weighted by Gasteiger charge is 2.56. The lowest BCUT2D eigenvalue weighted by Crippen LogP contribution is -2.62. The normalized spacial score (nSPS) is 27.8. The molecular formula is C33H40FN5O14S. The molecule has 0 bridgehead atoms. The SMILES string of the molecule is CC(=O)OCC1O[C@@H](SC2O[C@H](COC(C)=O)C(OC(C)=O)C(N=[N+]=[N-])[C@H]2OC(C)=O)[C@@H](OC(C)=O)C(n2cc(-c3cccc(F)c3)n2C)[C@H]1OC(C)=O. The summed E-state index contributed by atoms with van der Waals surface area (Å²) in [5.74, 6) is -5.08. The van der Waals surface area contributed by atoms with Crippen LogP contribution in [0.3, 0.4) is 0 Å². The van der Waals surface area contributed by atoms with Gasteiger partial charge in [-0.3, -0.25) is 38.1 Å². The second-order valence-corrected chi connectivity index (χ2v) is 13.4. The van der Waals surface area contributed by atoms with E-state index in [-0.39, 0.29) is 0 Å². The Labute approximate surface area is 312 Å². The summed E-state index contributed by atoms with van der Waals surface area (Å²) in [5, 5.41) is 3.77. The zero-order valence-electron chi connectivity index (χ0n) is 30.3. The third-order valence-electron chi connectivity index (χ3n) is 8.17. The van der Waals surface area contributed by atoms with Crippen molar-refractivity contribution in [3.05, 3.63) is 46.7 Å². The predicted octanol–water partition coefficient (Wildman–Crippen LogP) is 2.89. The Balaban J connectivity index is 1.86. The Kier molecular flexibility index (Phi) is 14.1. The Morgan fingerprint density at radius 3 is 1.78 bits per heavy atom. The fourth-order valence-corrected chi connectivity index (χ4v) is 7.59. The molecule has 0 aliphatic carbocycles. The van der Waals surface area contributed by atoms with Gasteiger partial charge < -0.3 is 37.9 Å². The van der Waals surface area contributed by atoms with E-state index < -0.39 is 114 Å². The molecule has 2 aliphatic rings. The molecule has 2 fully saturated rings. The number of azide groups is 1. The zero-order chi connectivity index (χ0) is 39.9. The van der Waals surface area contributed by atoms with Gasteiger partial charge in [-0.25, -0.2) is 4.39 Å². The van der Waals surface area contributed by atoms with E-state index in [0.29, 0.717) is 11.3 Å². The molecule has 2 saturated heterocycles. The van der Waals surface area contributed by atoms with Crippen molar-refractivity contribution >= 4 is 47.6 Å². The Morgan fingerprint density at radius 2 is 1.28 bits per heavy atom. The van der Waals surface area contributed by atoms with Crippen molar-refractivity contribution in [2.45, 2.75) is 101 Å². The van der Waals surface area contributed by atoms with Crippen molar-refractivity contribution in [1.29, 1.82) is 0 Å². The molecule has 21 heteroatoms. The van der Waals surface area contributed by atoms with Gasteiger partial charge in [0.25, 0.3) is 0 Å². The number of hydrogen-bond acceptors (Lipinski definition) is 16. The molecule has 0 saturated carbocycles. The summed E-state index contributed by atoms with van der Waals surface area (Å²) in [4.78, 5) is 76.5. The molecule has 1 aromatic carbocycles. The van der Waals surface area contributed by atoms with Gasteiger partial charge in [-0.05, 0) is 17.7 Å². The number of rotatable bonds is 13. The molecule has 0 radical (unpaired) electrons. The average molecular weight is 782 g/mol. The first-order valence-corrected chi connectivity index (χ1v) is 17.4. The van der Waals surface area contributed by atoms with Gasteiger partial charge in [0.1, 0.15) is 66.4 Å². The van der Waals surface area contributed by atoms with Crippen LogP contribution in [0.25, 0.3) is 21.7 Å². The van der Waals surface area contributed by atoms with Gasteiger partial charge >= 0.3 is 35.8 Å². The van der Waals surface area contributed by atoms with Crippen LogP contribution in [0.2, 0.25) is 0 Å². The number of esters is 6. The lowest BCUT2D eigenvalue weighted by atomic mass is 9.96. The summed E-state index contributed by atoms with van der Waals surface area (Å²) in [6.45, 7) is 5.79. The highest BCUT2D eigenvalue weighted by Crippen LogP contribution is 2.45. The van der Waals surface area contributed by atoms with E-state index in [9.17, 15) is 38.7 Å². The Bertz CT molecular complexity index is 1780. The van der Waals surface area contributed by atoms with Crippen molar-refractivity contribution in [2.75, 3.05) is 13.2 Å². The van der Waals surface area contributed by atoms with Crippen molar-refractivity contribution in [3.8, 4) is 11.3 Å². The second-order valence-electron chi connectivity index (χ2n) is 12.2. The van der Waals surface area contributed by atoms with E-state index in [4.69, 9.17) is 37.9 Å². The highest BCUT2D eigenvalue weighted by atomic mass is 32.2. The fraction of sp³-hybridized carbons (Fsp3) is 0.576. The van der Waals surface area contributed by atoms with E-state index in [1.807, 2.05) is 0 Å². The second kappa shape index (κ2) is 18.3. The number of nitrogens with zero attached hydrogens (tertiary/aromatic N) is 5. The molecule has 3 heterocycles. The molecule has 5 unspecified atom stereocenters. The number of hydrogen-bond donors (Lipinski definition) is 0. The number of aromatic nitrogens is 2. The molecule has 2 aromatic rings. The quantitative estimate of drug-likeness (QED) is 0.0934. The van der Waals surface area contributed by atoms with Crippen LogP contribution >= 0.6 is 11.8 Å². The predicted molar refractivity (Wildman–Crippen MR) is 181 cm³/mol. The van der Waals surface area contributed by atoms with E-state index >= 15 is 0 Å². The maximum Gasteiger partial charge on any atom is 0.303 e. The maximum absolute atomic E-state index is 14.2. The molecule has 0 amide bonds. The summed E-state index contributed by atoms with van der Waals surface area (Å²) in [6, 6.07) is 3.24. The van der Waals surface area contributed by atoms with Gasteiger partial charge in [-0.1, -0.05) is 29.0 Å². The van der Waals surface area contributed by atoms with Crippen LogP contribution in [0.4, 0.5) is 4.39 Å². The third-order valence-corrected chi connectivity index (χ3v) is 9.47. The van der Waals surface area contributed by atoms with Crippen LogP contribution < -0.4 is 0 Å². The van der Waals surface area contributed by atoms with Crippen LogP contribution in [0.5, 0.6) is 0 Å². The van der Waals surface area contributed by atoms with Crippen molar-refractivity contribution in [2.24, 2.45) is 12.2 Å². The number of carbonyl (C=O) groups excluding carboxylic acids is 6. The summed E-state index contributed by atoms with van der Waals surface area (Å²) < 4.78 is 63.0. The van der Waals surface area contributed by atoms with E-state index in [0.717, 1.165) is 53.3 Å². The van der Waals surface area contributed by atoms with E-state index in [1.165, 1.54) is 18.2 Å². The molecule has 4 rings (SSSR count). The number of ether oxygens (including phenoxy) is 8. The lowest BCUT2D eigenvalue weighted by molar-refractivity contribution is -0.215. The number of halogens is 1. The van der Waals surface area contributed by atoms with Gasteiger partial charge in [0.2, 0.25) is 0 Å². The summed E-state index contributed by atoms with van der Waals surface area (Å²) in [5.41, 5.74) is 7.89. The lowest BCUT2D eigenvalue weighted by Gasteiger charge is -2.49. The first-order valence-electron chi connectivity index (χ1n) is 16.5. The monoisotopic (exact) mass is 781 g/mol. The van der Waals surface area contributed by atoms with Crippen LogP contribution in [-0.2, 0) is 73.7 Å². The summed E-state index contributed by atoms with van der Waals surface area (Å²) in [7, 11) is 1.63. The van der Waals surface area contributed by atoms with Gasteiger partial charge in [-0.15, -0.1) is 0 Å². The number of benzene rings is 1. The van der Waals surface area contributed by atoms with Crippen LogP contribution in [0.1, 0.15) is 47.6 Å². The maximum atomic E-state index is 14.2. The minimum absolute atomic E-state index is 0.449. The molecule has 294 valence electrons. The standard InChI is InChI=1S/C33H40FN5O14S/c1-15(40)46-13-24-28(48-17(3)42)26(36-37-35)30(50-19(5)44)32(52-24)54-33-31(51-20(6)45)27(29(49-18(4)43)25(53-33)14-47-16(2)41)39-12-23(38(39)7)21-9-8-10-22(34)11-21/h8-12,24-33H,13-14H2,1-7H3/t24-,25?,26?,27?,28?,29+,30-,31+,32?,33+/m1/s1. The third kappa shape index (κ3) is 10.3. The summed E-state index contributed by atoms with van der Waals surface area (Å²) in [6.07, 6.45) is -6.41. The van der Waals surface area contributed by atoms with E-state index in [2.05, 4.69) is 10.0 Å². The molecular weight excluding hydrogens is 741 g/mol. The first kappa shape index (κ1) is 41.6. The smallest absolute Gasteiger partial charge is 0.303 e. The number of carbonyl (C=O) groups is 6. The van der Waals surface area contributed by atoms with Gasteiger partial charge in [-0.2, -0.15) is 0 Å². The number of thioether (sulfide) groups is 1. The average Bonchev–Trinajstić information content (AvgIpc) is 3.06. The summed E-state index contributed by atoms with van der Waals surface area (Å²) >= 11 is 0.786. The minimum atomic E-state index is -1.48. The molecule has 0 spiro atoms. The van der Waals surface area contributed by atoms with Crippen molar-refractivity contribution in [3.63, 3.8) is 0 Å². The Hall–Kier alpha value is -5.11. The molecule has 19 nitrogen and oxygen atoms in total. The molecule has 2 aliphatic heterocycles. The fourth-order valence-electron chi connectivity index (χ4n) is 6.17. The molecule has 10 atom stereocenters. The van der Waals surface area contributed by atoms with Gasteiger partial charge in [0, 0.05) is 65.3 Å². The van der Waals surface area contributed by atoms with E-state index in [1.54, 1.807) is 28.7 Å². The zero-order valence-corrected chi connectivity index (χ0v) is 31.1. The first-order chi connectivity index (χ1) is 25.5. The minimum Gasteiger partial charge on any atom is -0.463 e. The van der Waals surface area contributed by atoms with Crippen molar-refractivity contribution < 1.29 is 71.1 Å². The van der Waals surface area contributed by atoms with Gasteiger partial charge in [0.15, 0.2) is 12.2 Å². The Morgan fingerprint density at radius 1 is 0.778 bits per heavy atom. The molecule has 0 N–H and O–H groups in total. The molecule has 54 heavy (non-hydrogen) atoms. The van der Waals surface area contributed by atoms with Crippen LogP contribution in [0, 0.1) is 5.82 Å². The topological polar surface area (TPSA) is 235 Å². The largest absolute Gasteiger partial charge is 0.463 e. The molecule has 1 aromatic heterocycles. The van der Waals surface area contributed by atoms with Crippen molar-refractivity contribution in [1.82, 2.24) is 9.36 Å². The van der Waals surface area contributed by atoms with Crippen LogP contribution in [0.15, 0.2) is 35.6 Å². The van der Waals surface area contributed by atoms with Crippen LogP contribution in [-0.4, -0.2) is 112 Å². The van der Waals surface area contributed by atoms with Gasteiger partial charge in [0.05, 0.1) is 5.69 Å². The highest BCUT2D eigenvalue weighted by molar-refractivity contribution is 8.00.